The number of nitrogens with two attached hydrogens (primary N) is 1. The van der Waals surface area contributed by atoms with Gasteiger partial charge in [0.1, 0.15) is 0 Å². The lowest BCUT2D eigenvalue weighted by molar-refractivity contribution is -0.126. The molecule has 0 heterocycles. The van der Waals surface area contributed by atoms with Crippen LogP contribution < -0.4 is 21.7 Å². The maximum atomic E-state index is 12.4. The van der Waals surface area contributed by atoms with Gasteiger partial charge in [-0.3, -0.25) is 4.79 Å². The van der Waals surface area contributed by atoms with E-state index in [1.165, 1.54) is 0 Å². The SMILES string of the molecule is Cc1cccc(NC(=O)Nc2cccc(CNC(=O)[C@@H]3CCC[C@@H]3CN)c2)c1. The van der Waals surface area contributed by atoms with E-state index in [1.807, 2.05) is 55.5 Å². The molecule has 1 saturated carbocycles. The summed E-state index contributed by atoms with van der Waals surface area (Å²) < 4.78 is 0. The fourth-order valence-corrected chi connectivity index (χ4v) is 3.76. The van der Waals surface area contributed by atoms with Gasteiger partial charge in [-0.2, -0.15) is 0 Å². The van der Waals surface area contributed by atoms with E-state index in [4.69, 9.17) is 5.73 Å². The van der Waals surface area contributed by atoms with Gasteiger partial charge in [0.25, 0.3) is 0 Å². The number of benzene rings is 2. The van der Waals surface area contributed by atoms with Crippen LogP contribution in [0.25, 0.3) is 0 Å². The van der Waals surface area contributed by atoms with Crippen LogP contribution in [-0.4, -0.2) is 18.5 Å². The van der Waals surface area contributed by atoms with E-state index >= 15 is 0 Å². The quantitative estimate of drug-likeness (QED) is 0.616. The molecule has 0 aliphatic heterocycles. The molecule has 0 saturated heterocycles. The molecule has 5 N–H and O–H groups in total. The molecule has 6 heteroatoms. The van der Waals surface area contributed by atoms with E-state index in [0.717, 1.165) is 36.1 Å². The van der Waals surface area contributed by atoms with Gasteiger partial charge in [0.2, 0.25) is 5.91 Å². The van der Waals surface area contributed by atoms with Crippen LogP contribution in [0.4, 0.5) is 16.2 Å². The van der Waals surface area contributed by atoms with Crippen molar-refractivity contribution in [3.05, 3.63) is 59.7 Å². The van der Waals surface area contributed by atoms with Gasteiger partial charge in [-0.05, 0) is 67.6 Å². The Kier molecular flexibility index (Phi) is 6.66. The van der Waals surface area contributed by atoms with Crippen molar-refractivity contribution in [2.24, 2.45) is 17.6 Å². The number of carbonyl (C=O) groups excluding carboxylic acids is 2. The van der Waals surface area contributed by atoms with Crippen molar-refractivity contribution in [2.75, 3.05) is 17.2 Å². The van der Waals surface area contributed by atoms with Crippen molar-refractivity contribution in [1.82, 2.24) is 5.32 Å². The standard InChI is InChI=1S/C22H28N4O2/c1-15-5-2-8-18(11-15)25-22(28)26-19-9-3-6-16(12-19)14-24-21(27)20-10-4-7-17(20)13-23/h2-3,5-6,8-9,11-12,17,20H,4,7,10,13-14,23H2,1H3,(H,24,27)(H2,25,26,28)/t17-,20-/m1/s1. The third-order valence-corrected chi connectivity index (χ3v) is 5.23. The van der Waals surface area contributed by atoms with Gasteiger partial charge in [0.05, 0.1) is 0 Å². The summed E-state index contributed by atoms with van der Waals surface area (Å²) in [5.74, 6) is 0.383. The van der Waals surface area contributed by atoms with Gasteiger partial charge >= 0.3 is 6.03 Å². The van der Waals surface area contributed by atoms with Gasteiger partial charge in [0.15, 0.2) is 0 Å². The van der Waals surface area contributed by atoms with E-state index < -0.39 is 0 Å². The van der Waals surface area contributed by atoms with Crippen LogP contribution in [0.3, 0.4) is 0 Å². The number of carbonyl (C=O) groups is 2. The van der Waals surface area contributed by atoms with Crippen LogP contribution in [0, 0.1) is 18.8 Å². The highest BCUT2D eigenvalue weighted by atomic mass is 16.2. The number of nitrogens with one attached hydrogen (secondary N) is 3. The van der Waals surface area contributed by atoms with E-state index in [1.54, 1.807) is 0 Å². The van der Waals surface area contributed by atoms with E-state index in [-0.39, 0.29) is 17.9 Å². The average Bonchev–Trinajstić information content (AvgIpc) is 3.15. The zero-order valence-electron chi connectivity index (χ0n) is 16.2. The van der Waals surface area contributed by atoms with Crippen LogP contribution >= 0.6 is 0 Å². The number of aryl methyl sites for hydroxylation is 1. The molecule has 0 aromatic heterocycles. The van der Waals surface area contributed by atoms with Crippen molar-refractivity contribution in [2.45, 2.75) is 32.7 Å². The summed E-state index contributed by atoms with van der Waals surface area (Å²) in [7, 11) is 0. The summed E-state index contributed by atoms with van der Waals surface area (Å²) >= 11 is 0. The zero-order chi connectivity index (χ0) is 19.9. The van der Waals surface area contributed by atoms with Gasteiger partial charge < -0.3 is 21.7 Å². The lowest BCUT2D eigenvalue weighted by Gasteiger charge is -2.17. The molecule has 1 aliphatic rings. The van der Waals surface area contributed by atoms with Gasteiger partial charge in [-0.25, -0.2) is 4.79 Å². The average molecular weight is 380 g/mol. The lowest BCUT2D eigenvalue weighted by Crippen LogP contribution is -2.34. The van der Waals surface area contributed by atoms with Crippen molar-refractivity contribution in [1.29, 1.82) is 0 Å². The molecule has 0 spiro atoms. The third-order valence-electron chi connectivity index (χ3n) is 5.23. The Balaban J connectivity index is 1.53. The summed E-state index contributed by atoms with van der Waals surface area (Å²) in [6, 6.07) is 14.8. The summed E-state index contributed by atoms with van der Waals surface area (Å²) in [4.78, 5) is 24.6. The largest absolute Gasteiger partial charge is 0.352 e. The second-order valence-electron chi connectivity index (χ2n) is 7.40. The maximum Gasteiger partial charge on any atom is 0.323 e. The second-order valence-corrected chi connectivity index (χ2v) is 7.40. The molecule has 0 radical (unpaired) electrons. The Morgan fingerprint density at radius 1 is 1.04 bits per heavy atom. The number of anilines is 2. The molecule has 0 unspecified atom stereocenters. The van der Waals surface area contributed by atoms with Gasteiger partial charge in [-0.1, -0.05) is 30.7 Å². The normalized spacial score (nSPS) is 18.5. The molecule has 1 aliphatic carbocycles. The monoisotopic (exact) mass is 380 g/mol. The highest BCUT2D eigenvalue weighted by Gasteiger charge is 2.31. The number of urea groups is 1. The molecule has 2 aromatic rings. The van der Waals surface area contributed by atoms with Gasteiger partial charge in [-0.15, -0.1) is 0 Å². The predicted molar refractivity (Wildman–Crippen MR) is 112 cm³/mol. The van der Waals surface area contributed by atoms with Crippen LogP contribution in [0.15, 0.2) is 48.5 Å². The minimum Gasteiger partial charge on any atom is -0.352 e. The number of rotatable bonds is 6. The molecule has 0 bridgehead atoms. The minimum atomic E-state index is -0.302. The summed E-state index contributed by atoms with van der Waals surface area (Å²) in [5.41, 5.74) is 9.21. The van der Waals surface area contributed by atoms with Crippen LogP contribution in [-0.2, 0) is 11.3 Å². The molecule has 3 rings (SSSR count). The predicted octanol–water partition coefficient (Wildman–Crippen LogP) is 3.63. The molecule has 2 aromatic carbocycles. The Bertz CT molecular complexity index is 837. The summed E-state index contributed by atoms with van der Waals surface area (Å²) in [6.07, 6.45) is 3.01. The molecule has 3 amide bonds. The number of amides is 3. The number of hydrogen-bond acceptors (Lipinski definition) is 3. The molecule has 2 atom stereocenters. The Labute approximate surface area is 165 Å². The molecular formula is C22H28N4O2. The topological polar surface area (TPSA) is 96.2 Å². The zero-order valence-corrected chi connectivity index (χ0v) is 16.2. The molecule has 6 nitrogen and oxygen atoms in total. The van der Waals surface area contributed by atoms with Crippen LogP contribution in [0.5, 0.6) is 0 Å². The first-order valence-electron chi connectivity index (χ1n) is 9.76. The highest BCUT2D eigenvalue weighted by molar-refractivity contribution is 5.99. The van der Waals surface area contributed by atoms with E-state index in [2.05, 4.69) is 16.0 Å². The van der Waals surface area contributed by atoms with E-state index in [9.17, 15) is 9.59 Å². The van der Waals surface area contributed by atoms with E-state index in [0.29, 0.717) is 24.7 Å². The molecular weight excluding hydrogens is 352 g/mol. The Morgan fingerprint density at radius 2 is 1.75 bits per heavy atom. The van der Waals surface area contributed by atoms with Crippen LogP contribution in [0.2, 0.25) is 0 Å². The minimum absolute atomic E-state index is 0.0198. The highest BCUT2D eigenvalue weighted by Crippen LogP contribution is 2.31. The smallest absolute Gasteiger partial charge is 0.323 e. The first kappa shape index (κ1) is 19.9. The second kappa shape index (κ2) is 9.37. The Morgan fingerprint density at radius 3 is 2.46 bits per heavy atom. The lowest BCUT2D eigenvalue weighted by atomic mass is 9.95. The fourth-order valence-electron chi connectivity index (χ4n) is 3.76. The molecule has 28 heavy (non-hydrogen) atoms. The first-order chi connectivity index (χ1) is 13.5. The molecule has 148 valence electrons. The van der Waals surface area contributed by atoms with Crippen LogP contribution in [0.1, 0.15) is 30.4 Å². The van der Waals surface area contributed by atoms with Crippen molar-refractivity contribution in [3.8, 4) is 0 Å². The fraction of sp³-hybridized carbons (Fsp3) is 0.364. The van der Waals surface area contributed by atoms with Gasteiger partial charge in [0, 0.05) is 23.8 Å². The first-order valence-corrected chi connectivity index (χ1v) is 9.76. The van der Waals surface area contributed by atoms with Crippen molar-refractivity contribution < 1.29 is 9.59 Å². The number of hydrogen-bond donors (Lipinski definition) is 4. The Hall–Kier alpha value is -2.86. The summed E-state index contributed by atoms with van der Waals surface area (Å²) in [5, 5.41) is 8.66. The maximum absolute atomic E-state index is 12.4. The van der Waals surface area contributed by atoms with Crippen molar-refractivity contribution >= 4 is 23.3 Å². The van der Waals surface area contributed by atoms with Crippen molar-refractivity contribution in [3.63, 3.8) is 0 Å². The third kappa shape index (κ3) is 5.33. The molecule has 1 fully saturated rings. The summed E-state index contributed by atoms with van der Waals surface area (Å²) in [6.45, 7) is 2.97.